The molecule has 0 N–H and O–H groups in total. The van der Waals surface area contributed by atoms with Gasteiger partial charge in [-0.25, -0.2) is 0 Å². The molecule has 0 aliphatic carbocycles. The number of epoxide rings is 1. The third kappa shape index (κ3) is 9.39. The first-order valence-corrected chi connectivity index (χ1v) is 10.6. The van der Waals surface area contributed by atoms with E-state index in [0.29, 0.717) is 12.0 Å². The molecule has 2 atom stereocenters. The van der Waals surface area contributed by atoms with Gasteiger partial charge in [-0.1, -0.05) is 58.3 Å². The van der Waals surface area contributed by atoms with E-state index in [-0.39, 0.29) is 0 Å². The number of rotatable bonds is 17. The third-order valence-corrected chi connectivity index (χ3v) is 5.24. The van der Waals surface area contributed by atoms with E-state index in [1.54, 1.807) is 0 Å². The Labute approximate surface area is 150 Å². The molecule has 3 heteroatoms. The molecule has 1 fully saturated rings. The van der Waals surface area contributed by atoms with Crippen LogP contribution in [0.3, 0.4) is 0 Å². The van der Waals surface area contributed by atoms with Crippen LogP contribution in [0.1, 0.15) is 98.3 Å². The summed E-state index contributed by atoms with van der Waals surface area (Å²) in [6, 6.07) is 0. The molecule has 0 aromatic carbocycles. The molecule has 0 aromatic rings. The van der Waals surface area contributed by atoms with Crippen LogP contribution in [0.5, 0.6) is 0 Å². The fraction of sp³-hybridized carbons (Fsp3) is 1.00. The van der Waals surface area contributed by atoms with Crippen molar-refractivity contribution in [2.45, 2.75) is 110 Å². The van der Waals surface area contributed by atoms with Crippen molar-refractivity contribution in [2.24, 2.45) is 5.92 Å². The molecule has 3 nitrogen and oxygen atoms in total. The molecule has 2 unspecified atom stereocenters. The van der Waals surface area contributed by atoms with Crippen LogP contribution in [0.4, 0.5) is 0 Å². The third-order valence-electron chi connectivity index (χ3n) is 5.24. The van der Waals surface area contributed by atoms with Crippen molar-refractivity contribution in [2.75, 3.05) is 19.8 Å². The predicted molar refractivity (Wildman–Crippen MR) is 101 cm³/mol. The van der Waals surface area contributed by atoms with E-state index in [1.165, 1.54) is 70.6 Å². The molecular weight excluding hydrogens is 300 g/mol. The summed E-state index contributed by atoms with van der Waals surface area (Å²) < 4.78 is 17.5. The number of hydrogen-bond acceptors (Lipinski definition) is 3. The second kappa shape index (κ2) is 13.1. The maximum atomic E-state index is 6.07. The molecule has 0 bridgehead atoms. The van der Waals surface area contributed by atoms with Gasteiger partial charge in [-0.05, 0) is 40.0 Å². The average molecular weight is 343 g/mol. The summed E-state index contributed by atoms with van der Waals surface area (Å²) in [5, 5.41) is 0. The van der Waals surface area contributed by atoms with E-state index in [1.807, 2.05) is 0 Å². The Morgan fingerprint density at radius 2 is 1.42 bits per heavy atom. The smallest absolute Gasteiger partial charge is 0.168 e. The average Bonchev–Trinajstić information content (AvgIpc) is 3.37. The van der Waals surface area contributed by atoms with Crippen LogP contribution in [0.15, 0.2) is 0 Å². The van der Waals surface area contributed by atoms with E-state index in [0.717, 1.165) is 19.8 Å². The highest BCUT2D eigenvalue weighted by Crippen LogP contribution is 2.33. The monoisotopic (exact) mass is 342 g/mol. The summed E-state index contributed by atoms with van der Waals surface area (Å²) in [5.74, 6) is 0.0897. The van der Waals surface area contributed by atoms with Crippen molar-refractivity contribution >= 4 is 0 Å². The van der Waals surface area contributed by atoms with Gasteiger partial charge in [-0.2, -0.15) is 0 Å². The summed E-state index contributed by atoms with van der Waals surface area (Å²) in [5.41, 5.74) is 0. The maximum Gasteiger partial charge on any atom is 0.168 e. The molecule has 1 aliphatic rings. The van der Waals surface area contributed by atoms with Crippen LogP contribution in [-0.4, -0.2) is 31.7 Å². The van der Waals surface area contributed by atoms with Crippen molar-refractivity contribution in [1.29, 1.82) is 0 Å². The van der Waals surface area contributed by atoms with Gasteiger partial charge in [0.2, 0.25) is 0 Å². The predicted octanol–water partition coefficient (Wildman–Crippen LogP) is 6.10. The van der Waals surface area contributed by atoms with E-state index in [2.05, 4.69) is 27.7 Å². The Kier molecular flexibility index (Phi) is 12.0. The summed E-state index contributed by atoms with van der Waals surface area (Å²) in [4.78, 5) is 0. The van der Waals surface area contributed by atoms with E-state index < -0.39 is 5.79 Å². The first-order valence-electron chi connectivity index (χ1n) is 10.6. The van der Waals surface area contributed by atoms with Crippen LogP contribution < -0.4 is 0 Å². The second-order valence-corrected chi connectivity index (χ2v) is 7.38. The highest BCUT2D eigenvalue weighted by molar-refractivity contribution is 4.77. The van der Waals surface area contributed by atoms with Gasteiger partial charge in [0.25, 0.3) is 0 Å². The molecule has 0 saturated carbocycles. The van der Waals surface area contributed by atoms with Crippen LogP contribution >= 0.6 is 0 Å². The normalized spacial score (nSPS) is 18.8. The van der Waals surface area contributed by atoms with Crippen molar-refractivity contribution in [3.05, 3.63) is 0 Å². The van der Waals surface area contributed by atoms with Crippen LogP contribution in [0, 0.1) is 5.92 Å². The molecular formula is C21H42O3. The molecule has 0 amide bonds. The van der Waals surface area contributed by atoms with Crippen molar-refractivity contribution in [3.8, 4) is 0 Å². The Hall–Kier alpha value is -0.120. The Balaban J connectivity index is 2.39. The highest BCUT2D eigenvalue weighted by atomic mass is 16.7. The minimum Gasteiger partial charge on any atom is -0.373 e. The lowest BCUT2D eigenvalue weighted by atomic mass is 9.87. The Bertz CT molecular complexity index is 283. The molecule has 1 aliphatic heterocycles. The van der Waals surface area contributed by atoms with E-state index in [9.17, 15) is 0 Å². The lowest BCUT2D eigenvalue weighted by Crippen LogP contribution is -2.41. The first-order chi connectivity index (χ1) is 11.7. The van der Waals surface area contributed by atoms with Crippen molar-refractivity contribution in [1.82, 2.24) is 0 Å². The molecule has 24 heavy (non-hydrogen) atoms. The standard InChI is InChI=1S/C21H42O3/c1-5-8-9-10-11-12-15-19(16-13-14-17-20-18-22-20)21(4,23-6-2)24-7-3/h19-20H,5-18H2,1-4H3. The van der Waals surface area contributed by atoms with Gasteiger partial charge in [0, 0.05) is 19.1 Å². The fourth-order valence-corrected chi connectivity index (χ4v) is 3.69. The lowest BCUT2D eigenvalue weighted by Gasteiger charge is -2.37. The zero-order valence-electron chi connectivity index (χ0n) is 16.8. The summed E-state index contributed by atoms with van der Waals surface area (Å²) >= 11 is 0. The summed E-state index contributed by atoms with van der Waals surface area (Å²) in [6.45, 7) is 11.0. The lowest BCUT2D eigenvalue weighted by molar-refractivity contribution is -0.254. The second-order valence-electron chi connectivity index (χ2n) is 7.38. The minimum absolute atomic E-state index is 0.414. The largest absolute Gasteiger partial charge is 0.373 e. The highest BCUT2D eigenvalue weighted by Gasteiger charge is 2.35. The first kappa shape index (κ1) is 21.9. The maximum absolute atomic E-state index is 6.07. The zero-order valence-corrected chi connectivity index (χ0v) is 16.8. The van der Waals surface area contributed by atoms with Crippen molar-refractivity contribution < 1.29 is 14.2 Å². The topological polar surface area (TPSA) is 31.0 Å². The van der Waals surface area contributed by atoms with E-state index in [4.69, 9.17) is 14.2 Å². The van der Waals surface area contributed by atoms with Crippen LogP contribution in [-0.2, 0) is 14.2 Å². The molecule has 144 valence electrons. The SMILES string of the molecule is CCCCCCCCC(CCCCC1CO1)C(C)(OCC)OCC. The summed E-state index contributed by atoms with van der Waals surface area (Å²) in [6.07, 6.45) is 14.9. The fourth-order valence-electron chi connectivity index (χ4n) is 3.69. The molecule has 1 saturated heterocycles. The number of unbranched alkanes of at least 4 members (excludes halogenated alkanes) is 6. The van der Waals surface area contributed by atoms with Gasteiger partial charge in [-0.3, -0.25) is 0 Å². The number of ether oxygens (including phenoxy) is 3. The number of hydrogen-bond donors (Lipinski definition) is 0. The van der Waals surface area contributed by atoms with Gasteiger partial charge in [-0.15, -0.1) is 0 Å². The Morgan fingerprint density at radius 3 is 1.96 bits per heavy atom. The van der Waals surface area contributed by atoms with Crippen LogP contribution in [0.25, 0.3) is 0 Å². The van der Waals surface area contributed by atoms with Gasteiger partial charge < -0.3 is 14.2 Å². The molecule has 0 aromatic heterocycles. The Morgan fingerprint density at radius 1 is 0.875 bits per heavy atom. The van der Waals surface area contributed by atoms with Gasteiger partial charge in [0.05, 0.1) is 12.7 Å². The van der Waals surface area contributed by atoms with E-state index >= 15 is 0 Å². The summed E-state index contributed by atoms with van der Waals surface area (Å²) in [7, 11) is 0. The minimum atomic E-state index is -0.414. The quantitative estimate of drug-likeness (QED) is 0.182. The molecule has 0 radical (unpaired) electrons. The van der Waals surface area contributed by atoms with Gasteiger partial charge in [0.1, 0.15) is 0 Å². The van der Waals surface area contributed by atoms with Gasteiger partial charge in [0.15, 0.2) is 5.79 Å². The molecule has 1 rings (SSSR count). The van der Waals surface area contributed by atoms with Crippen LogP contribution in [0.2, 0.25) is 0 Å². The zero-order chi connectivity index (χ0) is 17.7. The van der Waals surface area contributed by atoms with Crippen molar-refractivity contribution in [3.63, 3.8) is 0 Å². The molecule has 1 heterocycles. The molecule has 0 spiro atoms. The van der Waals surface area contributed by atoms with Gasteiger partial charge >= 0.3 is 0 Å².